The molecular weight excluding hydrogens is 397 g/mol. The van der Waals surface area contributed by atoms with E-state index in [4.69, 9.17) is 15.0 Å². The molecule has 2 rings (SSSR count). The molecule has 0 unspecified atom stereocenters. The zero-order chi connectivity index (χ0) is 22.1. The van der Waals surface area contributed by atoms with Gasteiger partial charge < -0.3 is 14.6 Å². The van der Waals surface area contributed by atoms with E-state index in [0.717, 1.165) is 30.3 Å². The van der Waals surface area contributed by atoms with Gasteiger partial charge in [-0.25, -0.2) is 9.18 Å². The van der Waals surface area contributed by atoms with Gasteiger partial charge in [0.05, 0.1) is 6.54 Å². The maximum atomic E-state index is 14.9. The summed E-state index contributed by atoms with van der Waals surface area (Å²) in [4.78, 5) is 30.5. The van der Waals surface area contributed by atoms with Crippen LogP contribution in [0, 0.1) is 6.92 Å². The number of alkyl halides is 1. The molecule has 1 aliphatic rings. The number of rotatable bonds is 11. The van der Waals surface area contributed by atoms with E-state index in [1.807, 2.05) is 0 Å². The van der Waals surface area contributed by atoms with Gasteiger partial charge in [-0.1, -0.05) is 37.7 Å². The number of hydrogen-bond donors (Lipinski definition) is 1. The highest BCUT2D eigenvalue weighted by molar-refractivity contribution is 5.69. The highest BCUT2D eigenvalue weighted by Gasteiger charge is 2.56. The van der Waals surface area contributed by atoms with Crippen molar-refractivity contribution >= 4 is 5.97 Å². The summed E-state index contributed by atoms with van der Waals surface area (Å²) in [5.74, 6) is -0.518. The first kappa shape index (κ1) is 23.8. The molecule has 1 aliphatic heterocycles. The number of azide groups is 1. The fraction of sp³-hybridized carbons (Fsp3) is 0.737. The van der Waals surface area contributed by atoms with E-state index < -0.39 is 48.9 Å². The Morgan fingerprint density at radius 1 is 1.47 bits per heavy atom. The summed E-state index contributed by atoms with van der Waals surface area (Å²) in [5.41, 5.74) is 6.55. The van der Waals surface area contributed by atoms with Gasteiger partial charge in [-0.05, 0) is 24.9 Å². The lowest BCUT2D eigenvalue weighted by Gasteiger charge is -2.29. The zero-order valence-corrected chi connectivity index (χ0v) is 17.2. The van der Waals surface area contributed by atoms with E-state index in [0.29, 0.717) is 12.1 Å². The van der Waals surface area contributed by atoms with E-state index in [1.54, 1.807) is 6.92 Å². The Morgan fingerprint density at radius 3 is 2.87 bits per heavy atom. The molecule has 0 saturated carbocycles. The maximum Gasteiger partial charge on any atom is 0.349 e. The first-order valence-corrected chi connectivity index (χ1v) is 10.1. The zero-order valence-electron chi connectivity index (χ0n) is 17.2. The van der Waals surface area contributed by atoms with Crippen LogP contribution >= 0.6 is 0 Å². The Kier molecular flexibility index (Phi) is 8.76. The number of carbonyl (C=O) groups excluding carboxylic acids is 1. The molecule has 1 N–H and O–H groups in total. The van der Waals surface area contributed by atoms with E-state index in [9.17, 15) is 19.1 Å². The molecule has 0 amide bonds. The second-order valence-electron chi connectivity index (χ2n) is 7.44. The molecule has 1 saturated heterocycles. The van der Waals surface area contributed by atoms with Crippen molar-refractivity contribution in [3.05, 3.63) is 38.9 Å². The van der Waals surface area contributed by atoms with Crippen LogP contribution in [0.3, 0.4) is 0 Å². The van der Waals surface area contributed by atoms with Gasteiger partial charge in [0, 0.05) is 23.2 Å². The first-order valence-electron chi connectivity index (χ1n) is 10.1. The fourth-order valence-corrected chi connectivity index (χ4v) is 3.32. The highest BCUT2D eigenvalue weighted by atomic mass is 19.1. The molecule has 0 radical (unpaired) electrons. The third kappa shape index (κ3) is 5.78. The molecule has 0 aromatic carbocycles. The third-order valence-corrected chi connectivity index (χ3v) is 5.08. The lowest BCUT2D eigenvalue weighted by atomic mass is 9.96. The van der Waals surface area contributed by atoms with Crippen LogP contribution in [0.1, 0.15) is 57.4 Å². The smallest absolute Gasteiger partial charge is 0.349 e. The largest absolute Gasteiger partial charge is 0.462 e. The number of aryl methyl sites for hydroxylation is 1. The number of ether oxygens (including phenoxy) is 2. The Balaban J connectivity index is 2.10. The third-order valence-electron chi connectivity index (χ3n) is 5.08. The summed E-state index contributed by atoms with van der Waals surface area (Å²) in [6.45, 7) is 2.72. The second-order valence-corrected chi connectivity index (χ2v) is 7.44. The van der Waals surface area contributed by atoms with Crippen molar-refractivity contribution in [1.82, 2.24) is 9.55 Å². The van der Waals surface area contributed by atoms with Gasteiger partial charge >= 0.3 is 11.7 Å². The Labute approximate surface area is 173 Å². The minimum atomic E-state index is -2.02. The van der Waals surface area contributed by atoms with Gasteiger partial charge in [-0.3, -0.25) is 9.36 Å². The molecule has 11 heteroatoms. The molecule has 30 heavy (non-hydrogen) atoms. The molecule has 4 atom stereocenters. The predicted octanol–water partition coefficient (Wildman–Crippen LogP) is 2.73. The van der Waals surface area contributed by atoms with Crippen molar-refractivity contribution < 1.29 is 23.8 Å². The van der Waals surface area contributed by atoms with Crippen LogP contribution in [-0.4, -0.2) is 51.7 Å². The summed E-state index contributed by atoms with van der Waals surface area (Å²) in [6, 6.07) is 1.50. The van der Waals surface area contributed by atoms with E-state index in [-0.39, 0.29) is 6.42 Å². The molecule has 10 nitrogen and oxygen atoms in total. The highest BCUT2D eigenvalue weighted by Crippen LogP contribution is 2.39. The van der Waals surface area contributed by atoms with E-state index in [2.05, 4.69) is 21.9 Å². The standard InChI is InChI=1S/C19H28FN5O5/c1-3-4-5-6-7-8-14(26)29-12-19(11-22-24-21)16(27)15(20)17(30-19)25-10-9-13(2)23-18(25)28/h9-10,15-17,27H,3-8,11-12H2,1-2H3/t15-,16+,17-,19-/m1/s1. The Bertz CT molecular complexity index is 828. The Hall–Kier alpha value is -2.49. The number of unbranched alkanes of at least 4 members (excludes halogenated alkanes) is 4. The van der Waals surface area contributed by atoms with E-state index in [1.165, 1.54) is 12.3 Å². The van der Waals surface area contributed by atoms with Crippen molar-refractivity contribution in [2.45, 2.75) is 76.5 Å². The van der Waals surface area contributed by atoms with E-state index >= 15 is 0 Å². The average molecular weight is 425 g/mol. The van der Waals surface area contributed by atoms with Gasteiger partial charge in [-0.2, -0.15) is 4.98 Å². The maximum absolute atomic E-state index is 14.9. The summed E-state index contributed by atoms with van der Waals surface area (Å²) < 4.78 is 26.6. The van der Waals surface area contributed by atoms with Crippen molar-refractivity contribution in [1.29, 1.82) is 0 Å². The summed E-state index contributed by atoms with van der Waals surface area (Å²) in [7, 11) is 0. The van der Waals surface area contributed by atoms with Crippen molar-refractivity contribution in [2.75, 3.05) is 13.2 Å². The average Bonchev–Trinajstić information content (AvgIpc) is 2.96. The summed E-state index contributed by atoms with van der Waals surface area (Å²) >= 11 is 0. The topological polar surface area (TPSA) is 139 Å². The number of esters is 1. The van der Waals surface area contributed by atoms with Gasteiger partial charge in [0.2, 0.25) is 0 Å². The van der Waals surface area contributed by atoms with Crippen LogP contribution < -0.4 is 5.69 Å². The quantitative estimate of drug-likeness (QED) is 0.190. The normalized spacial score (nSPS) is 25.7. The molecule has 0 spiro atoms. The molecule has 1 fully saturated rings. The number of aromatic nitrogens is 2. The monoisotopic (exact) mass is 425 g/mol. The van der Waals surface area contributed by atoms with Gasteiger partial charge in [0.1, 0.15) is 18.3 Å². The van der Waals surface area contributed by atoms with Gasteiger partial charge in [0.15, 0.2) is 12.4 Å². The lowest BCUT2D eigenvalue weighted by molar-refractivity contribution is -0.164. The molecule has 166 valence electrons. The molecule has 0 aliphatic carbocycles. The minimum absolute atomic E-state index is 0.182. The number of aliphatic hydroxyl groups excluding tert-OH is 1. The van der Waals surface area contributed by atoms with Crippen molar-refractivity contribution in [3.8, 4) is 0 Å². The van der Waals surface area contributed by atoms with Crippen LogP contribution in [0.25, 0.3) is 10.4 Å². The molecule has 2 heterocycles. The van der Waals surface area contributed by atoms with Gasteiger partial charge in [-0.15, -0.1) is 0 Å². The number of hydrogen-bond acceptors (Lipinski definition) is 7. The van der Waals surface area contributed by atoms with Crippen molar-refractivity contribution in [2.24, 2.45) is 5.11 Å². The predicted molar refractivity (Wildman–Crippen MR) is 105 cm³/mol. The SMILES string of the molecule is CCCCCCCC(=O)OC[C@@]1(CN=[N+]=[N-])O[C@@H](n2ccc(C)nc2=O)[C@H](F)[C@@H]1O. The van der Waals surface area contributed by atoms with Crippen LogP contribution in [0.5, 0.6) is 0 Å². The van der Waals surface area contributed by atoms with Crippen LogP contribution in [0.15, 0.2) is 22.2 Å². The first-order chi connectivity index (χ1) is 14.3. The number of halogens is 1. The molecule has 1 aromatic heterocycles. The lowest BCUT2D eigenvalue weighted by Crippen LogP contribution is -2.49. The van der Waals surface area contributed by atoms with Crippen molar-refractivity contribution in [3.63, 3.8) is 0 Å². The van der Waals surface area contributed by atoms with Crippen LogP contribution in [-0.2, 0) is 14.3 Å². The summed E-state index contributed by atoms with van der Waals surface area (Å²) in [6.07, 6.45) is 0.950. The minimum Gasteiger partial charge on any atom is -0.462 e. The molecule has 1 aromatic rings. The fourth-order valence-electron chi connectivity index (χ4n) is 3.32. The number of nitrogens with zero attached hydrogens (tertiary/aromatic N) is 5. The number of carbonyl (C=O) groups is 1. The Morgan fingerprint density at radius 2 is 2.20 bits per heavy atom. The van der Waals surface area contributed by atoms with Gasteiger partial charge in [0.25, 0.3) is 0 Å². The molecular formula is C19H28FN5O5. The van der Waals surface area contributed by atoms with Crippen LogP contribution in [0.4, 0.5) is 4.39 Å². The summed E-state index contributed by atoms with van der Waals surface area (Å²) in [5, 5.41) is 13.9. The number of aliphatic hydroxyl groups is 1. The second kappa shape index (κ2) is 11.1. The molecule has 0 bridgehead atoms. The van der Waals surface area contributed by atoms with Crippen LogP contribution in [0.2, 0.25) is 0 Å².